The van der Waals surface area contributed by atoms with Crippen molar-refractivity contribution in [3.05, 3.63) is 46.1 Å². The van der Waals surface area contributed by atoms with Crippen LogP contribution in [0.2, 0.25) is 0 Å². The van der Waals surface area contributed by atoms with Crippen molar-refractivity contribution in [3.8, 4) is 0 Å². The van der Waals surface area contributed by atoms with E-state index in [1.54, 1.807) is 24.3 Å². The molecule has 1 unspecified atom stereocenters. The maximum Gasteiger partial charge on any atom is 0.269 e. The lowest BCUT2D eigenvalue weighted by atomic mass is 9.92. The van der Waals surface area contributed by atoms with Crippen LogP contribution in [-0.2, 0) is 36.5 Å². The Kier molecular flexibility index (Phi) is 8.58. The fraction of sp³-hybridized carbons (Fsp3) is 0.545. The summed E-state index contributed by atoms with van der Waals surface area (Å²) in [6, 6.07) is 6.45. The summed E-state index contributed by atoms with van der Waals surface area (Å²) in [7, 11) is -3.78. The number of primary sulfonamides is 1. The van der Waals surface area contributed by atoms with Crippen LogP contribution in [0, 0.1) is 5.92 Å². The van der Waals surface area contributed by atoms with E-state index in [9.17, 15) is 26.8 Å². The van der Waals surface area contributed by atoms with Crippen molar-refractivity contribution < 1.29 is 31.5 Å². The molecule has 3 N–H and O–H groups in total. The number of amides is 2. The van der Waals surface area contributed by atoms with Gasteiger partial charge in [-0.25, -0.2) is 22.3 Å². The molecular weight excluding hydrogens is 488 g/mol. The molecular formula is C22H29F2N3O5S2. The van der Waals surface area contributed by atoms with Crippen LogP contribution in [0.4, 0.5) is 8.78 Å². The molecule has 3 rings (SSSR count). The fourth-order valence-electron chi connectivity index (χ4n) is 4.01. The van der Waals surface area contributed by atoms with Gasteiger partial charge in [0.25, 0.3) is 11.8 Å². The van der Waals surface area contributed by atoms with Crippen LogP contribution < -0.4 is 10.5 Å². The number of piperidine rings is 1. The second kappa shape index (κ2) is 11.0. The summed E-state index contributed by atoms with van der Waals surface area (Å²) < 4.78 is 58.1. The topological polar surface area (TPSA) is 119 Å². The van der Waals surface area contributed by atoms with Crippen molar-refractivity contribution in [1.82, 2.24) is 10.2 Å². The zero-order chi connectivity index (χ0) is 24.9. The van der Waals surface area contributed by atoms with Crippen LogP contribution in [0.3, 0.4) is 0 Å². The minimum atomic E-state index is -3.78. The number of nitrogens with one attached hydrogen (secondary N) is 1. The molecule has 0 bridgehead atoms. The number of rotatable bonds is 8. The fourth-order valence-corrected chi connectivity index (χ4v) is 5.71. The molecule has 2 aliphatic heterocycles. The van der Waals surface area contributed by atoms with Crippen molar-refractivity contribution in [1.29, 1.82) is 0 Å². The summed E-state index contributed by atoms with van der Waals surface area (Å²) >= 11 is 1.33. The summed E-state index contributed by atoms with van der Waals surface area (Å²) in [5.74, 6) is -4.49. The normalized spacial score (nSPS) is 20.6. The van der Waals surface area contributed by atoms with Crippen LogP contribution >= 0.6 is 11.8 Å². The molecule has 8 nitrogen and oxygen atoms in total. The average molecular weight is 518 g/mol. The van der Waals surface area contributed by atoms with Gasteiger partial charge in [-0.1, -0.05) is 31.2 Å². The largest absolute Gasteiger partial charge is 0.496 e. The Labute approximate surface area is 202 Å². The zero-order valence-corrected chi connectivity index (χ0v) is 20.5. The quantitative estimate of drug-likeness (QED) is 0.545. The van der Waals surface area contributed by atoms with Crippen LogP contribution in [0.1, 0.15) is 30.9 Å². The van der Waals surface area contributed by atoms with Crippen molar-refractivity contribution in [2.75, 3.05) is 32.0 Å². The lowest BCUT2D eigenvalue weighted by molar-refractivity contribution is -0.146. The number of carbonyl (C=O) groups excluding carboxylic acids is 2. The first kappa shape index (κ1) is 26.4. The van der Waals surface area contributed by atoms with Gasteiger partial charge in [0.2, 0.25) is 15.9 Å². The molecule has 1 atom stereocenters. The van der Waals surface area contributed by atoms with Gasteiger partial charge in [-0.15, -0.1) is 11.8 Å². The third-order valence-electron chi connectivity index (χ3n) is 5.78. The Morgan fingerprint density at radius 2 is 2.00 bits per heavy atom. The summed E-state index contributed by atoms with van der Waals surface area (Å²) in [6.45, 7) is 1.55. The van der Waals surface area contributed by atoms with Crippen molar-refractivity contribution in [2.45, 2.75) is 37.9 Å². The van der Waals surface area contributed by atoms with E-state index < -0.39 is 46.0 Å². The van der Waals surface area contributed by atoms with Gasteiger partial charge in [0.15, 0.2) is 0 Å². The third-order valence-corrected chi connectivity index (χ3v) is 7.56. The number of halogens is 2. The number of allylic oxidation sites excluding steroid dienone is 1. The van der Waals surface area contributed by atoms with E-state index in [0.717, 1.165) is 4.90 Å². The predicted octanol–water partition coefficient (Wildman–Crippen LogP) is 2.00. The summed E-state index contributed by atoms with van der Waals surface area (Å²) in [6.07, 6.45) is 0.411. The molecule has 0 aliphatic carbocycles. The van der Waals surface area contributed by atoms with E-state index in [0.29, 0.717) is 40.6 Å². The van der Waals surface area contributed by atoms with Crippen molar-refractivity contribution in [3.63, 3.8) is 0 Å². The minimum Gasteiger partial charge on any atom is -0.496 e. The number of carbonyl (C=O) groups is 2. The molecule has 2 amide bonds. The number of thioether (sulfide) groups is 1. The van der Waals surface area contributed by atoms with Crippen molar-refractivity contribution in [2.24, 2.45) is 11.1 Å². The van der Waals surface area contributed by atoms with E-state index in [1.165, 1.54) is 11.8 Å². The first-order valence-corrected chi connectivity index (χ1v) is 13.7. The van der Waals surface area contributed by atoms with E-state index >= 15 is 0 Å². The van der Waals surface area contributed by atoms with Gasteiger partial charge in [0, 0.05) is 31.2 Å². The maximum atomic E-state index is 14.9. The smallest absolute Gasteiger partial charge is 0.269 e. The molecule has 2 heterocycles. The molecule has 0 radical (unpaired) electrons. The van der Waals surface area contributed by atoms with Gasteiger partial charge < -0.3 is 15.0 Å². The number of benzene rings is 1. The highest BCUT2D eigenvalue weighted by molar-refractivity contribution is 8.04. The van der Waals surface area contributed by atoms with E-state index in [-0.39, 0.29) is 25.9 Å². The van der Waals surface area contributed by atoms with Gasteiger partial charge in [-0.2, -0.15) is 0 Å². The Balaban J connectivity index is 1.57. The first-order chi connectivity index (χ1) is 16.0. The second-order valence-corrected chi connectivity index (χ2v) is 11.1. The van der Waals surface area contributed by atoms with Gasteiger partial charge >= 0.3 is 0 Å². The molecule has 1 aromatic rings. The molecule has 0 saturated carbocycles. The van der Waals surface area contributed by atoms with Crippen molar-refractivity contribution >= 4 is 33.6 Å². The average Bonchev–Trinajstić information content (AvgIpc) is 2.77. The maximum absolute atomic E-state index is 14.9. The summed E-state index contributed by atoms with van der Waals surface area (Å²) in [4.78, 5) is 26.8. The van der Waals surface area contributed by atoms with E-state index in [2.05, 4.69) is 5.32 Å². The highest BCUT2D eigenvalue weighted by Gasteiger charge is 2.46. The molecule has 188 valence electrons. The first-order valence-electron chi connectivity index (χ1n) is 11.0. The predicted molar refractivity (Wildman–Crippen MR) is 125 cm³/mol. The Bertz CT molecular complexity index is 1060. The van der Waals surface area contributed by atoms with Gasteiger partial charge in [-0.05, 0) is 17.5 Å². The molecule has 1 fully saturated rings. The van der Waals surface area contributed by atoms with Gasteiger partial charge in [0.05, 0.1) is 25.3 Å². The lowest BCUT2D eigenvalue weighted by Gasteiger charge is -2.39. The summed E-state index contributed by atoms with van der Waals surface area (Å²) in [5, 5.41) is 7.63. The lowest BCUT2D eigenvalue weighted by Crippen LogP contribution is -2.54. The Hall–Kier alpha value is -2.18. The minimum absolute atomic E-state index is 0.0429. The Morgan fingerprint density at radius 1 is 1.29 bits per heavy atom. The number of ether oxygens (including phenoxy) is 1. The van der Waals surface area contributed by atoms with Gasteiger partial charge in [0.1, 0.15) is 10.7 Å². The molecule has 34 heavy (non-hydrogen) atoms. The number of hydrogen-bond acceptors (Lipinski definition) is 6. The van der Waals surface area contributed by atoms with E-state index in [4.69, 9.17) is 9.88 Å². The Morgan fingerprint density at radius 3 is 2.65 bits per heavy atom. The highest BCUT2D eigenvalue weighted by atomic mass is 32.2. The van der Waals surface area contributed by atoms with Gasteiger partial charge in [-0.3, -0.25) is 9.59 Å². The monoisotopic (exact) mass is 517 g/mol. The molecule has 0 spiro atoms. The molecule has 2 aliphatic rings. The van der Waals surface area contributed by atoms with E-state index in [1.807, 2.05) is 6.92 Å². The molecule has 1 aromatic carbocycles. The van der Waals surface area contributed by atoms with Crippen LogP contribution in [0.25, 0.3) is 0 Å². The number of likely N-dealkylation sites (tertiary alicyclic amines) is 1. The number of nitrogens with two attached hydrogens (primary N) is 1. The summed E-state index contributed by atoms with van der Waals surface area (Å²) in [5.41, 5.74) is 0.857. The van der Waals surface area contributed by atoms with Crippen LogP contribution in [-0.4, -0.2) is 63.0 Å². The third kappa shape index (κ3) is 6.92. The number of alkyl halides is 2. The van der Waals surface area contributed by atoms with Crippen LogP contribution in [0.5, 0.6) is 0 Å². The number of hydrogen-bond donors (Lipinski definition) is 2. The number of sulfonamides is 1. The molecule has 12 heteroatoms. The standard InChI is InChI=1S/C22H29F2N3O5S2/c1-2-18-20(33-10-9-32-18)21(29)27-8-7-17(22(23,24)14-27)12-26-19(28)11-15-5-3-4-6-16(15)13-34(25,30)31/h3-6,17H,2,7-14H2,1H3,(H,26,28)(H2,25,30,31). The van der Waals surface area contributed by atoms with Crippen LogP contribution in [0.15, 0.2) is 34.9 Å². The SMILES string of the molecule is CCC1=C(C(=O)N2CCC(CNC(=O)Cc3ccccc3CS(N)(=O)=O)C(F)(F)C2)SCCO1. The second-order valence-electron chi connectivity index (χ2n) is 8.33. The highest BCUT2D eigenvalue weighted by Crippen LogP contribution is 2.36. The number of nitrogens with zero attached hydrogens (tertiary/aromatic N) is 1. The molecule has 1 saturated heterocycles. The molecule has 0 aromatic heterocycles. The zero-order valence-electron chi connectivity index (χ0n) is 18.9.